The van der Waals surface area contributed by atoms with Gasteiger partial charge in [0.05, 0.1) is 4.90 Å². The number of hydrogen-bond donors (Lipinski definition) is 0. The Morgan fingerprint density at radius 2 is 1.55 bits per heavy atom. The van der Waals surface area contributed by atoms with Crippen molar-refractivity contribution in [1.82, 2.24) is 0 Å². The Morgan fingerprint density at radius 1 is 0.955 bits per heavy atom. The van der Waals surface area contributed by atoms with Gasteiger partial charge in [0.15, 0.2) is 5.83 Å². The van der Waals surface area contributed by atoms with Crippen molar-refractivity contribution >= 4 is 15.9 Å². The number of benzene rings is 2. The van der Waals surface area contributed by atoms with E-state index < -0.39 is 20.8 Å². The van der Waals surface area contributed by atoms with Gasteiger partial charge in [0.2, 0.25) is 9.84 Å². The SMILES string of the molecule is Cc1ccc(S(=O)(=O)/C(F)=C(F)/C=C/c2ccccc2)cc1. The van der Waals surface area contributed by atoms with Crippen molar-refractivity contribution < 1.29 is 17.2 Å². The van der Waals surface area contributed by atoms with Gasteiger partial charge in [-0.15, -0.1) is 0 Å². The Balaban J connectivity index is 2.33. The molecule has 0 aromatic heterocycles. The Morgan fingerprint density at radius 3 is 2.14 bits per heavy atom. The molecule has 0 aliphatic rings. The fraction of sp³-hybridized carbons (Fsp3) is 0.0588. The highest BCUT2D eigenvalue weighted by molar-refractivity contribution is 7.95. The van der Waals surface area contributed by atoms with E-state index in [0.717, 1.165) is 11.6 Å². The molecule has 0 saturated heterocycles. The van der Waals surface area contributed by atoms with Crippen LogP contribution in [0, 0.1) is 6.92 Å². The Kier molecular flexibility index (Phi) is 4.88. The van der Waals surface area contributed by atoms with Gasteiger partial charge in [-0.05, 0) is 30.7 Å². The van der Waals surface area contributed by atoms with E-state index in [2.05, 4.69) is 0 Å². The van der Waals surface area contributed by atoms with Crippen molar-refractivity contribution in [2.45, 2.75) is 11.8 Å². The zero-order valence-corrected chi connectivity index (χ0v) is 12.6. The van der Waals surface area contributed by atoms with Crippen LogP contribution in [-0.4, -0.2) is 8.42 Å². The number of aryl methyl sites for hydroxylation is 1. The Bertz CT molecular complexity index is 805. The third-order valence-electron chi connectivity index (χ3n) is 2.98. The molecule has 0 unspecified atom stereocenters. The highest BCUT2D eigenvalue weighted by Crippen LogP contribution is 2.25. The zero-order valence-electron chi connectivity index (χ0n) is 11.8. The molecule has 114 valence electrons. The van der Waals surface area contributed by atoms with Crippen LogP contribution >= 0.6 is 0 Å². The first-order valence-electron chi connectivity index (χ1n) is 6.51. The quantitative estimate of drug-likeness (QED) is 0.772. The molecule has 0 aliphatic heterocycles. The van der Waals surface area contributed by atoms with E-state index in [4.69, 9.17) is 0 Å². The molecule has 2 aromatic carbocycles. The van der Waals surface area contributed by atoms with Crippen molar-refractivity contribution in [3.05, 3.63) is 82.8 Å². The van der Waals surface area contributed by atoms with E-state index in [1.54, 1.807) is 37.3 Å². The van der Waals surface area contributed by atoms with E-state index in [1.165, 1.54) is 30.3 Å². The molecule has 0 fully saturated rings. The van der Waals surface area contributed by atoms with Gasteiger partial charge < -0.3 is 0 Å². The van der Waals surface area contributed by atoms with Gasteiger partial charge in [0, 0.05) is 0 Å². The highest BCUT2D eigenvalue weighted by atomic mass is 32.2. The molecule has 2 aromatic rings. The lowest BCUT2D eigenvalue weighted by Gasteiger charge is -2.02. The van der Waals surface area contributed by atoms with E-state index in [-0.39, 0.29) is 4.90 Å². The number of sulfone groups is 1. The molecular weight excluding hydrogens is 306 g/mol. The van der Waals surface area contributed by atoms with Crippen LogP contribution in [0.2, 0.25) is 0 Å². The van der Waals surface area contributed by atoms with Crippen LogP contribution in [0.25, 0.3) is 6.08 Å². The predicted octanol–water partition coefficient (Wildman–Crippen LogP) is 4.59. The third-order valence-corrected chi connectivity index (χ3v) is 4.54. The van der Waals surface area contributed by atoms with Gasteiger partial charge in [0.25, 0.3) is 5.16 Å². The molecule has 0 amide bonds. The first-order valence-corrected chi connectivity index (χ1v) is 8.00. The standard InChI is InChI=1S/C17H14F2O2S/c1-13-7-10-15(11-8-13)22(20,21)17(19)16(18)12-9-14-5-3-2-4-6-14/h2-12H,1H3/b12-9+,17-16-. The van der Waals surface area contributed by atoms with Crippen LogP contribution in [0.1, 0.15) is 11.1 Å². The monoisotopic (exact) mass is 320 g/mol. The minimum Gasteiger partial charge on any atom is -0.216 e. The highest BCUT2D eigenvalue weighted by Gasteiger charge is 2.24. The van der Waals surface area contributed by atoms with E-state index in [9.17, 15) is 17.2 Å². The predicted molar refractivity (Wildman–Crippen MR) is 83.1 cm³/mol. The van der Waals surface area contributed by atoms with Crippen LogP contribution in [-0.2, 0) is 9.84 Å². The van der Waals surface area contributed by atoms with Gasteiger partial charge in [-0.3, -0.25) is 0 Å². The zero-order chi connectivity index (χ0) is 16.2. The number of rotatable bonds is 4. The molecule has 22 heavy (non-hydrogen) atoms. The topological polar surface area (TPSA) is 34.1 Å². The van der Waals surface area contributed by atoms with Crippen molar-refractivity contribution in [2.75, 3.05) is 0 Å². The molecule has 2 rings (SSSR count). The summed E-state index contributed by atoms with van der Waals surface area (Å²) in [6.07, 6.45) is 2.11. The summed E-state index contributed by atoms with van der Waals surface area (Å²) in [7, 11) is -4.47. The van der Waals surface area contributed by atoms with Gasteiger partial charge in [0.1, 0.15) is 0 Å². The largest absolute Gasteiger partial charge is 0.254 e. The lowest BCUT2D eigenvalue weighted by molar-refractivity contribution is 0.551. The molecule has 5 heteroatoms. The van der Waals surface area contributed by atoms with Crippen LogP contribution in [0.15, 0.2) is 76.6 Å². The van der Waals surface area contributed by atoms with Gasteiger partial charge in [-0.25, -0.2) is 12.8 Å². The second-order valence-corrected chi connectivity index (χ2v) is 6.52. The summed E-state index contributed by atoms with van der Waals surface area (Å²) in [6.45, 7) is 1.77. The number of hydrogen-bond acceptors (Lipinski definition) is 2. The first-order chi connectivity index (χ1) is 10.4. The van der Waals surface area contributed by atoms with Crippen LogP contribution in [0.5, 0.6) is 0 Å². The summed E-state index contributed by atoms with van der Waals surface area (Å²) in [5, 5.41) is -1.79. The first kappa shape index (κ1) is 16.1. The summed E-state index contributed by atoms with van der Waals surface area (Å²) in [5.74, 6) is -1.43. The fourth-order valence-electron chi connectivity index (χ4n) is 1.75. The Hall–Kier alpha value is -2.27. The molecule has 0 heterocycles. The number of halogens is 2. The number of allylic oxidation sites excluding steroid dienone is 2. The average molecular weight is 320 g/mol. The minimum absolute atomic E-state index is 0.279. The lowest BCUT2D eigenvalue weighted by atomic mass is 10.2. The fourth-order valence-corrected chi connectivity index (χ4v) is 2.77. The summed E-state index contributed by atoms with van der Waals surface area (Å²) in [6, 6.07) is 14.2. The van der Waals surface area contributed by atoms with Gasteiger partial charge in [-0.1, -0.05) is 54.1 Å². The van der Waals surface area contributed by atoms with Crippen LogP contribution in [0.4, 0.5) is 8.78 Å². The van der Waals surface area contributed by atoms with Crippen LogP contribution < -0.4 is 0 Å². The molecule has 0 aliphatic carbocycles. The normalized spacial score (nSPS) is 13.2. The molecule has 0 radical (unpaired) electrons. The van der Waals surface area contributed by atoms with Crippen molar-refractivity contribution in [2.24, 2.45) is 0 Å². The average Bonchev–Trinajstić information content (AvgIpc) is 2.53. The molecule has 2 nitrogen and oxygen atoms in total. The molecule has 0 saturated carbocycles. The molecule has 0 spiro atoms. The van der Waals surface area contributed by atoms with Crippen molar-refractivity contribution in [3.63, 3.8) is 0 Å². The summed E-state index contributed by atoms with van der Waals surface area (Å²) >= 11 is 0. The summed E-state index contributed by atoms with van der Waals surface area (Å²) < 4.78 is 51.7. The van der Waals surface area contributed by atoms with E-state index >= 15 is 0 Å². The van der Waals surface area contributed by atoms with Crippen molar-refractivity contribution in [3.8, 4) is 0 Å². The van der Waals surface area contributed by atoms with Crippen LogP contribution in [0.3, 0.4) is 0 Å². The van der Waals surface area contributed by atoms with E-state index in [1.807, 2.05) is 0 Å². The molecular formula is C17H14F2O2S. The smallest absolute Gasteiger partial charge is 0.216 e. The minimum atomic E-state index is -4.47. The van der Waals surface area contributed by atoms with Crippen molar-refractivity contribution in [1.29, 1.82) is 0 Å². The maximum absolute atomic E-state index is 13.9. The molecule has 0 bridgehead atoms. The third kappa shape index (κ3) is 3.68. The van der Waals surface area contributed by atoms with E-state index in [0.29, 0.717) is 5.56 Å². The Labute approximate surface area is 128 Å². The molecule has 0 N–H and O–H groups in total. The maximum Gasteiger partial charge on any atom is 0.254 e. The summed E-state index contributed by atoms with van der Waals surface area (Å²) in [5.41, 5.74) is 1.46. The maximum atomic E-state index is 13.9. The molecule has 0 atom stereocenters. The van der Waals surface area contributed by atoms with Gasteiger partial charge in [-0.2, -0.15) is 4.39 Å². The summed E-state index contributed by atoms with van der Waals surface area (Å²) in [4.78, 5) is -0.279. The van der Waals surface area contributed by atoms with Gasteiger partial charge >= 0.3 is 0 Å². The second-order valence-electron chi connectivity index (χ2n) is 4.68. The second kappa shape index (κ2) is 6.66. The lowest BCUT2D eigenvalue weighted by Crippen LogP contribution is -2.02.